The van der Waals surface area contributed by atoms with E-state index in [1.54, 1.807) is 42.7 Å². The van der Waals surface area contributed by atoms with Crippen LogP contribution in [-0.2, 0) is 19.1 Å². The Labute approximate surface area is 440 Å². The molecule has 0 aliphatic carbocycles. The van der Waals surface area contributed by atoms with Crippen molar-refractivity contribution in [2.24, 2.45) is 23.7 Å². The number of H-pyrrole nitrogens is 2. The Balaban J connectivity index is 0.000000177. The summed E-state index contributed by atoms with van der Waals surface area (Å²) in [5, 5.41) is 25.2. The molecule has 0 spiro atoms. The number of nitrogens with one attached hydrogen (secondary N) is 3. The third-order valence-corrected chi connectivity index (χ3v) is 18.5. The highest BCUT2D eigenvalue weighted by molar-refractivity contribution is 8.13. The number of sulfonamides is 1. The Morgan fingerprint density at radius 2 is 0.931 bits per heavy atom. The van der Waals surface area contributed by atoms with E-state index in [2.05, 4.69) is 31.2 Å². The highest BCUT2D eigenvalue weighted by Crippen LogP contribution is 2.38. The van der Waals surface area contributed by atoms with Gasteiger partial charge in [-0.2, -0.15) is 14.8 Å². The number of hydrogen-bond donors (Lipinski definition) is 3. The summed E-state index contributed by atoms with van der Waals surface area (Å²) in [7, 11) is -2.40. The summed E-state index contributed by atoms with van der Waals surface area (Å²) in [5.74, 6) is 2.81. The highest BCUT2D eigenvalue weighted by Gasteiger charge is 2.35. The maximum atomic E-state index is 13.1. The van der Waals surface area contributed by atoms with Crippen LogP contribution in [0.2, 0.25) is 10.0 Å². The van der Waals surface area contributed by atoms with Crippen LogP contribution in [0.1, 0.15) is 62.5 Å². The monoisotopic (exact) mass is 1090 g/mol. The Morgan fingerprint density at radius 1 is 0.542 bits per heavy atom. The lowest BCUT2D eigenvalue weighted by Crippen LogP contribution is -2.43. The van der Waals surface area contributed by atoms with Gasteiger partial charge in [-0.3, -0.25) is 9.59 Å². The van der Waals surface area contributed by atoms with Gasteiger partial charge in [0.25, 0.3) is 20.2 Å². The molecule has 6 heterocycles. The van der Waals surface area contributed by atoms with Crippen LogP contribution in [0.5, 0.6) is 0 Å². The molecule has 0 radical (unpaired) electrons. The van der Waals surface area contributed by atoms with Gasteiger partial charge in [-0.1, -0.05) is 47.5 Å². The van der Waals surface area contributed by atoms with Gasteiger partial charge in [-0.15, -0.1) is 12.4 Å². The van der Waals surface area contributed by atoms with Crippen LogP contribution in [0.25, 0.3) is 21.5 Å². The second kappa shape index (κ2) is 24.3. The fourth-order valence-electron chi connectivity index (χ4n) is 10.7. The average Bonchev–Trinajstić information content (AvgIpc) is 3.39. The summed E-state index contributed by atoms with van der Waals surface area (Å²) in [4.78, 5) is 34.1. The second-order valence-electron chi connectivity index (χ2n) is 18.5. The van der Waals surface area contributed by atoms with Gasteiger partial charge in [-0.05, 0) is 160 Å². The first kappa shape index (κ1) is 54.6. The quantitative estimate of drug-likeness (QED) is 0.128. The maximum absolute atomic E-state index is 13.1. The first-order chi connectivity index (χ1) is 34.2. The topological polar surface area (TPSA) is 203 Å². The number of rotatable bonds is 7. The third kappa shape index (κ3) is 12.6. The van der Waals surface area contributed by atoms with E-state index >= 15 is 0 Å². The zero-order chi connectivity index (χ0) is 50.3. The lowest BCUT2D eigenvalue weighted by molar-refractivity contribution is 0.183. The molecule has 4 fully saturated rings. The molecule has 380 valence electrons. The number of pyridine rings is 2. The number of aromatic amines is 2. The number of nitriles is 2. The van der Waals surface area contributed by atoms with E-state index in [9.17, 15) is 31.7 Å². The van der Waals surface area contributed by atoms with Crippen molar-refractivity contribution in [2.45, 2.75) is 61.2 Å². The Morgan fingerprint density at radius 3 is 1.35 bits per heavy atom. The minimum atomic E-state index is -3.80. The van der Waals surface area contributed by atoms with E-state index < -0.39 is 19.1 Å². The molecule has 4 aliphatic heterocycles. The predicted molar refractivity (Wildman–Crippen MR) is 289 cm³/mol. The third-order valence-electron chi connectivity index (χ3n) is 14.5. The first-order valence-electron chi connectivity index (χ1n) is 23.9. The molecule has 14 nitrogen and oxygen atoms in total. The van der Waals surface area contributed by atoms with E-state index in [1.165, 1.54) is 67.3 Å². The van der Waals surface area contributed by atoms with E-state index in [-0.39, 0.29) is 44.4 Å². The number of anilines is 2. The molecule has 6 aromatic rings. The van der Waals surface area contributed by atoms with Gasteiger partial charge in [-0.25, -0.2) is 16.8 Å². The van der Waals surface area contributed by atoms with E-state index in [0.29, 0.717) is 45.7 Å². The van der Waals surface area contributed by atoms with E-state index in [0.717, 1.165) is 85.8 Å². The normalized spacial score (nSPS) is 17.7. The van der Waals surface area contributed by atoms with Crippen molar-refractivity contribution in [3.63, 3.8) is 0 Å². The highest BCUT2D eigenvalue weighted by atomic mass is 35.7. The summed E-state index contributed by atoms with van der Waals surface area (Å²) >= 11 is 12.8. The standard InChI is InChI=1S/C26H27ClN4O3S.C19H24ClN3O.C7H4ClNO2S.ClH/c27-23-16-22(15-20-5-10-29-26(32)25(20)23)30-11-6-18(7-12-30)19-8-13-31(14-9-19)35(33,34)24-4-2-1-3-21(24)17-28;20-17-12-16(11-15-3-8-22-19(24)18(15)17)23-9-4-14(5-10-23)13-1-6-21-7-2-13;8-12(10,11)7-4-2-1-3-6(7)5-9;/h1-5,10,15-16,18-19H,6-9,11-14H2,(H,29,32);3,8,11-14,21H,1-2,4-7,9-10H2,(H,22,24);1-4H;1H. The molecule has 0 unspecified atom stereocenters. The Bertz CT molecular complexity index is 3310. The molecule has 0 atom stereocenters. The summed E-state index contributed by atoms with van der Waals surface area (Å²) < 4.78 is 49.4. The molecule has 20 heteroatoms. The number of benzene rings is 4. The van der Waals surface area contributed by atoms with Crippen molar-refractivity contribution >= 4 is 98.3 Å². The fourth-order valence-corrected chi connectivity index (χ4v) is 14.0. The average molecular weight is 1100 g/mol. The molecule has 0 saturated carbocycles. The van der Waals surface area contributed by atoms with Gasteiger partial charge in [0.05, 0.1) is 36.8 Å². The maximum Gasteiger partial charge on any atom is 0.262 e. The van der Waals surface area contributed by atoms with Gasteiger partial charge < -0.3 is 25.1 Å². The van der Waals surface area contributed by atoms with Crippen LogP contribution in [0.3, 0.4) is 0 Å². The lowest BCUT2D eigenvalue weighted by Gasteiger charge is -2.40. The van der Waals surface area contributed by atoms with Gasteiger partial charge in [0.15, 0.2) is 0 Å². The molecule has 4 aliphatic rings. The number of halogens is 4. The van der Waals surface area contributed by atoms with E-state index in [4.69, 9.17) is 39.1 Å². The fraction of sp³-hybridized carbons (Fsp3) is 0.385. The van der Waals surface area contributed by atoms with Crippen molar-refractivity contribution < 1.29 is 16.8 Å². The predicted octanol–water partition coefficient (Wildman–Crippen LogP) is 9.68. The summed E-state index contributed by atoms with van der Waals surface area (Å²) in [6.45, 7) is 7.32. The number of piperidine rings is 4. The van der Waals surface area contributed by atoms with Crippen LogP contribution in [0, 0.1) is 46.3 Å². The number of aromatic nitrogens is 2. The zero-order valence-corrected chi connectivity index (χ0v) is 44.1. The number of nitrogens with zero attached hydrogens (tertiary/aromatic N) is 5. The number of hydrogen-bond acceptors (Lipinski definition) is 11. The summed E-state index contributed by atoms with van der Waals surface area (Å²) in [6.07, 6.45) is 12.3. The second-order valence-corrected chi connectivity index (χ2v) is 23.8. The molecule has 10 rings (SSSR count). The molecule has 0 amide bonds. The van der Waals surface area contributed by atoms with Crippen molar-refractivity contribution in [1.82, 2.24) is 19.6 Å². The van der Waals surface area contributed by atoms with Gasteiger partial charge in [0, 0.05) is 73.7 Å². The smallest absolute Gasteiger partial charge is 0.262 e. The van der Waals surface area contributed by atoms with E-state index in [1.807, 2.05) is 36.4 Å². The van der Waals surface area contributed by atoms with Crippen molar-refractivity contribution in [1.29, 1.82) is 10.5 Å². The largest absolute Gasteiger partial charge is 0.371 e. The molecule has 4 aromatic carbocycles. The number of fused-ring (bicyclic) bond motifs is 2. The molecule has 0 bridgehead atoms. The van der Waals surface area contributed by atoms with Crippen molar-refractivity contribution in [3.8, 4) is 12.1 Å². The van der Waals surface area contributed by atoms with Gasteiger partial charge in [0.1, 0.15) is 17.0 Å². The van der Waals surface area contributed by atoms with Crippen LogP contribution < -0.4 is 26.2 Å². The molecule has 3 N–H and O–H groups in total. The Hall–Kier alpha value is -5.14. The molecular weight excluding hydrogens is 1040 g/mol. The van der Waals surface area contributed by atoms with Crippen molar-refractivity contribution in [2.75, 3.05) is 62.2 Å². The minimum absolute atomic E-state index is 0. The minimum Gasteiger partial charge on any atom is -0.371 e. The van der Waals surface area contributed by atoms with Gasteiger partial charge in [0.2, 0.25) is 10.0 Å². The molecule has 2 aromatic heterocycles. The van der Waals surface area contributed by atoms with Crippen LogP contribution in [0.15, 0.2) is 117 Å². The van der Waals surface area contributed by atoms with Crippen LogP contribution in [-0.4, -0.2) is 83.5 Å². The zero-order valence-electron chi connectivity index (χ0n) is 39.4. The van der Waals surface area contributed by atoms with Gasteiger partial charge >= 0.3 is 0 Å². The Kier molecular flexibility index (Phi) is 18.4. The van der Waals surface area contributed by atoms with Crippen molar-refractivity contribution in [3.05, 3.63) is 139 Å². The first-order valence-corrected chi connectivity index (χ1v) is 28.4. The molecular formula is C52H56Cl4N8O6S2. The molecule has 72 heavy (non-hydrogen) atoms. The summed E-state index contributed by atoms with van der Waals surface area (Å²) in [5.41, 5.74) is 2.13. The SMILES string of the molecule is Cl.N#Cc1ccccc1S(=O)(=O)Cl.N#Cc1ccccc1S(=O)(=O)N1CCC(C2CCN(c3cc(Cl)c4c(=O)[nH]ccc4c3)CC2)CC1.O=c1[nH]ccc2cc(N3CCC(C4CCNCC4)CC3)cc(Cl)c12. The van der Waals surface area contributed by atoms with Crippen LogP contribution in [0.4, 0.5) is 11.4 Å². The van der Waals surface area contributed by atoms with Crippen LogP contribution >= 0.6 is 46.3 Å². The molecule has 4 saturated heterocycles. The summed E-state index contributed by atoms with van der Waals surface area (Å²) in [6, 6.07) is 27.7. The lowest BCUT2D eigenvalue weighted by atomic mass is 9.79.